The third kappa shape index (κ3) is 3.46. The topological polar surface area (TPSA) is 24.1 Å². The van der Waals surface area contributed by atoms with E-state index in [-0.39, 0.29) is 0 Å². The second kappa shape index (κ2) is 6.49. The van der Waals surface area contributed by atoms with Crippen molar-refractivity contribution in [1.29, 1.82) is 0 Å². The minimum Gasteiger partial charge on any atom is -0.316 e. The number of hydrogen-bond acceptors (Lipinski definition) is 3. The molecule has 1 aromatic carbocycles. The van der Waals surface area contributed by atoms with E-state index in [1.54, 1.807) is 0 Å². The Bertz CT molecular complexity index is 432. The van der Waals surface area contributed by atoms with Crippen molar-refractivity contribution in [2.75, 3.05) is 25.4 Å². The molecule has 0 bridgehead atoms. The van der Waals surface area contributed by atoms with Crippen LogP contribution in [0.5, 0.6) is 0 Å². The van der Waals surface area contributed by atoms with Crippen molar-refractivity contribution in [1.82, 2.24) is 10.6 Å². The van der Waals surface area contributed by atoms with Crippen molar-refractivity contribution >= 4 is 23.4 Å². The lowest BCUT2D eigenvalue weighted by molar-refractivity contribution is 0.340. The summed E-state index contributed by atoms with van der Waals surface area (Å²) in [7, 11) is 0. The molecule has 2 atom stereocenters. The Balaban J connectivity index is 1.64. The molecule has 4 heteroatoms. The fourth-order valence-corrected chi connectivity index (χ4v) is 4.27. The van der Waals surface area contributed by atoms with Crippen LogP contribution in [0.4, 0.5) is 0 Å². The van der Waals surface area contributed by atoms with Crippen LogP contribution >= 0.6 is 23.4 Å². The molecule has 0 spiro atoms. The standard InChI is InChI=1S/C15H21ClN2S/c16-12-3-4-15-13(8-12)14(5-7-19-15)18-10-11-2-1-6-17-9-11/h3-4,8,11,14,17-18H,1-2,5-7,9-10H2. The maximum atomic E-state index is 6.14. The molecule has 2 nitrogen and oxygen atoms in total. The number of fused-ring (bicyclic) bond motifs is 1. The van der Waals surface area contributed by atoms with Gasteiger partial charge in [0.15, 0.2) is 0 Å². The van der Waals surface area contributed by atoms with Crippen LogP contribution in [0.3, 0.4) is 0 Å². The molecule has 3 rings (SSSR count). The Morgan fingerprint density at radius 3 is 3.16 bits per heavy atom. The van der Waals surface area contributed by atoms with Crippen LogP contribution in [0.15, 0.2) is 23.1 Å². The second-order valence-electron chi connectivity index (χ2n) is 5.49. The summed E-state index contributed by atoms with van der Waals surface area (Å²) in [5, 5.41) is 8.10. The zero-order valence-corrected chi connectivity index (χ0v) is 12.7. The van der Waals surface area contributed by atoms with Crippen molar-refractivity contribution in [2.24, 2.45) is 5.92 Å². The summed E-state index contributed by atoms with van der Waals surface area (Å²) in [5.74, 6) is 1.99. The molecule has 1 saturated heterocycles. The van der Waals surface area contributed by atoms with E-state index in [0.717, 1.165) is 24.0 Å². The number of benzene rings is 1. The molecule has 2 aliphatic heterocycles. The van der Waals surface area contributed by atoms with Gasteiger partial charge < -0.3 is 10.6 Å². The average molecular weight is 297 g/mol. The van der Waals surface area contributed by atoms with Crippen LogP contribution in [0.1, 0.15) is 30.9 Å². The molecule has 2 heterocycles. The van der Waals surface area contributed by atoms with E-state index in [9.17, 15) is 0 Å². The zero-order chi connectivity index (χ0) is 13.1. The van der Waals surface area contributed by atoms with E-state index in [0.29, 0.717) is 6.04 Å². The first kappa shape index (κ1) is 13.7. The zero-order valence-electron chi connectivity index (χ0n) is 11.1. The predicted molar refractivity (Wildman–Crippen MR) is 83.1 cm³/mol. The third-order valence-corrected chi connectivity index (χ3v) is 5.42. The highest BCUT2D eigenvalue weighted by molar-refractivity contribution is 7.99. The molecule has 0 aromatic heterocycles. The first-order valence-electron chi connectivity index (χ1n) is 7.19. The van der Waals surface area contributed by atoms with E-state index in [2.05, 4.69) is 22.8 Å². The lowest BCUT2D eigenvalue weighted by Gasteiger charge is -2.29. The number of piperidine rings is 1. The van der Waals surface area contributed by atoms with E-state index in [1.165, 1.54) is 42.0 Å². The van der Waals surface area contributed by atoms with E-state index in [1.807, 2.05) is 17.8 Å². The molecule has 1 aromatic rings. The van der Waals surface area contributed by atoms with Gasteiger partial charge in [0.25, 0.3) is 0 Å². The van der Waals surface area contributed by atoms with Gasteiger partial charge in [-0.25, -0.2) is 0 Å². The average Bonchev–Trinajstić information content (AvgIpc) is 2.46. The van der Waals surface area contributed by atoms with Crippen LogP contribution in [-0.4, -0.2) is 25.4 Å². The minimum absolute atomic E-state index is 0.483. The van der Waals surface area contributed by atoms with Gasteiger partial charge in [-0.05, 0) is 74.3 Å². The van der Waals surface area contributed by atoms with Crippen LogP contribution < -0.4 is 10.6 Å². The van der Waals surface area contributed by atoms with Gasteiger partial charge in [0.05, 0.1) is 0 Å². The minimum atomic E-state index is 0.483. The van der Waals surface area contributed by atoms with Crippen LogP contribution in [0.25, 0.3) is 0 Å². The lowest BCUT2D eigenvalue weighted by atomic mass is 9.98. The molecular formula is C15H21ClN2S. The molecule has 0 aliphatic carbocycles. The molecule has 2 N–H and O–H groups in total. The van der Waals surface area contributed by atoms with Crippen molar-refractivity contribution in [2.45, 2.75) is 30.2 Å². The largest absolute Gasteiger partial charge is 0.316 e. The molecule has 1 fully saturated rings. The monoisotopic (exact) mass is 296 g/mol. The van der Waals surface area contributed by atoms with Gasteiger partial charge in [0, 0.05) is 16.0 Å². The molecule has 104 valence electrons. The molecule has 2 unspecified atom stereocenters. The summed E-state index contributed by atoms with van der Waals surface area (Å²) in [6.07, 6.45) is 3.87. The molecule has 0 saturated carbocycles. The number of thioether (sulfide) groups is 1. The highest BCUT2D eigenvalue weighted by Gasteiger charge is 2.22. The fourth-order valence-electron chi connectivity index (χ4n) is 2.98. The Labute approximate surface area is 124 Å². The smallest absolute Gasteiger partial charge is 0.0410 e. The second-order valence-corrected chi connectivity index (χ2v) is 7.07. The van der Waals surface area contributed by atoms with Gasteiger partial charge in [0.2, 0.25) is 0 Å². The van der Waals surface area contributed by atoms with Crippen LogP contribution in [0, 0.1) is 5.92 Å². The van der Waals surface area contributed by atoms with Crippen LogP contribution in [0.2, 0.25) is 5.02 Å². The molecular weight excluding hydrogens is 276 g/mol. The lowest BCUT2D eigenvalue weighted by Crippen LogP contribution is -2.37. The van der Waals surface area contributed by atoms with E-state index < -0.39 is 0 Å². The number of rotatable bonds is 3. The molecule has 2 aliphatic rings. The third-order valence-electron chi connectivity index (χ3n) is 4.06. The summed E-state index contributed by atoms with van der Waals surface area (Å²) >= 11 is 8.10. The van der Waals surface area contributed by atoms with Crippen molar-refractivity contribution in [3.05, 3.63) is 28.8 Å². The number of nitrogens with one attached hydrogen (secondary N) is 2. The van der Waals surface area contributed by atoms with Gasteiger partial charge in [-0.3, -0.25) is 0 Å². The van der Waals surface area contributed by atoms with Gasteiger partial charge >= 0.3 is 0 Å². The first-order valence-corrected chi connectivity index (χ1v) is 8.55. The Morgan fingerprint density at radius 1 is 1.37 bits per heavy atom. The SMILES string of the molecule is Clc1ccc2c(c1)C(NCC1CCCNC1)CCS2. The predicted octanol–water partition coefficient (Wildman–Crippen LogP) is 3.47. The van der Waals surface area contributed by atoms with Gasteiger partial charge in [0.1, 0.15) is 0 Å². The maximum Gasteiger partial charge on any atom is 0.0410 e. The van der Waals surface area contributed by atoms with Gasteiger partial charge in [-0.1, -0.05) is 11.6 Å². The summed E-state index contributed by atoms with van der Waals surface area (Å²) in [5.41, 5.74) is 1.40. The maximum absolute atomic E-state index is 6.14. The summed E-state index contributed by atoms with van der Waals surface area (Å²) in [6.45, 7) is 3.47. The van der Waals surface area contributed by atoms with Gasteiger partial charge in [-0.15, -0.1) is 11.8 Å². The Hall–Kier alpha value is -0.220. The highest BCUT2D eigenvalue weighted by atomic mass is 35.5. The Morgan fingerprint density at radius 2 is 2.32 bits per heavy atom. The quantitative estimate of drug-likeness (QED) is 0.893. The summed E-state index contributed by atoms with van der Waals surface area (Å²) < 4.78 is 0. The van der Waals surface area contributed by atoms with Crippen molar-refractivity contribution in [3.63, 3.8) is 0 Å². The summed E-state index contributed by atoms with van der Waals surface area (Å²) in [4.78, 5) is 1.40. The molecule has 0 amide bonds. The molecule has 0 radical (unpaired) electrons. The van der Waals surface area contributed by atoms with E-state index >= 15 is 0 Å². The molecule has 19 heavy (non-hydrogen) atoms. The van der Waals surface area contributed by atoms with Crippen molar-refractivity contribution < 1.29 is 0 Å². The summed E-state index contributed by atoms with van der Waals surface area (Å²) in [6, 6.07) is 6.79. The fraction of sp³-hybridized carbons (Fsp3) is 0.600. The first-order chi connectivity index (χ1) is 9.33. The number of hydrogen-bond donors (Lipinski definition) is 2. The van der Waals surface area contributed by atoms with Crippen molar-refractivity contribution in [3.8, 4) is 0 Å². The highest BCUT2D eigenvalue weighted by Crippen LogP contribution is 2.37. The van der Waals surface area contributed by atoms with Gasteiger partial charge in [-0.2, -0.15) is 0 Å². The number of halogens is 1. The Kier molecular flexibility index (Phi) is 4.69. The van der Waals surface area contributed by atoms with Crippen LogP contribution in [-0.2, 0) is 0 Å². The van der Waals surface area contributed by atoms with E-state index in [4.69, 9.17) is 11.6 Å². The normalized spacial score (nSPS) is 27.0.